The Balaban J connectivity index is 1.87. The lowest BCUT2D eigenvalue weighted by Crippen LogP contribution is -2.48. The zero-order valence-electron chi connectivity index (χ0n) is 15.4. The lowest BCUT2D eigenvalue weighted by Gasteiger charge is -2.33. The summed E-state index contributed by atoms with van der Waals surface area (Å²) in [5.74, 6) is -1.91. The van der Waals surface area contributed by atoms with Crippen LogP contribution in [0.3, 0.4) is 0 Å². The van der Waals surface area contributed by atoms with Gasteiger partial charge in [-0.05, 0) is 25.0 Å². The Bertz CT molecular complexity index is 1040. The summed E-state index contributed by atoms with van der Waals surface area (Å²) in [6.07, 6.45) is 3.71. The minimum atomic E-state index is -1.31. The maximum atomic E-state index is 15.0. The number of aromatic carboxylic acids is 1. The number of carboxylic acid groups (broad SMARTS) is 1. The van der Waals surface area contributed by atoms with Gasteiger partial charge in [0.15, 0.2) is 0 Å². The minimum absolute atomic E-state index is 0.0696. The van der Waals surface area contributed by atoms with E-state index in [9.17, 15) is 19.1 Å². The van der Waals surface area contributed by atoms with E-state index in [1.54, 1.807) is 15.5 Å². The van der Waals surface area contributed by atoms with Crippen LogP contribution in [-0.4, -0.2) is 47.6 Å². The van der Waals surface area contributed by atoms with Crippen LogP contribution in [0.1, 0.15) is 35.7 Å². The van der Waals surface area contributed by atoms with Crippen LogP contribution in [0.5, 0.6) is 0 Å². The first-order valence-electron chi connectivity index (χ1n) is 9.10. The smallest absolute Gasteiger partial charge is 0.341 e. The highest BCUT2D eigenvalue weighted by Crippen LogP contribution is 2.38. The molecule has 2 aromatic rings. The van der Waals surface area contributed by atoms with E-state index in [1.807, 2.05) is 0 Å². The average Bonchev–Trinajstić information content (AvgIpc) is 3.46. The van der Waals surface area contributed by atoms with Gasteiger partial charge in [-0.2, -0.15) is 0 Å². The van der Waals surface area contributed by atoms with E-state index in [1.165, 1.54) is 13.3 Å². The van der Waals surface area contributed by atoms with Gasteiger partial charge in [-0.25, -0.2) is 9.18 Å². The number of fused-ring (bicyclic) bond motifs is 1. The molecule has 9 heteroatoms. The minimum Gasteiger partial charge on any atom is -0.477 e. The van der Waals surface area contributed by atoms with Crippen LogP contribution in [0.15, 0.2) is 28.3 Å². The number of aromatic nitrogens is 1. The van der Waals surface area contributed by atoms with E-state index < -0.39 is 17.2 Å². The first kappa shape index (κ1) is 18.4. The molecular weight excluding hydrogens is 367 g/mol. The molecule has 28 heavy (non-hydrogen) atoms. The van der Waals surface area contributed by atoms with E-state index >= 15 is 0 Å². The largest absolute Gasteiger partial charge is 0.477 e. The third kappa shape index (κ3) is 3.22. The maximum Gasteiger partial charge on any atom is 0.341 e. The van der Waals surface area contributed by atoms with Crippen LogP contribution in [0.25, 0.3) is 10.9 Å². The summed E-state index contributed by atoms with van der Waals surface area (Å²) >= 11 is 0. The molecule has 0 amide bonds. The van der Waals surface area contributed by atoms with Crippen molar-refractivity contribution < 1.29 is 19.1 Å². The van der Waals surface area contributed by atoms with Crippen molar-refractivity contribution in [2.75, 3.05) is 25.1 Å². The number of benzene rings is 1. The first-order chi connectivity index (χ1) is 13.4. The molecule has 2 fully saturated rings. The van der Waals surface area contributed by atoms with Gasteiger partial charge in [-0.1, -0.05) is 5.16 Å². The van der Waals surface area contributed by atoms with Crippen LogP contribution < -0.4 is 16.1 Å². The van der Waals surface area contributed by atoms with E-state index in [-0.39, 0.29) is 23.0 Å². The predicted octanol–water partition coefficient (Wildman–Crippen LogP) is 1.71. The lowest BCUT2D eigenvalue weighted by molar-refractivity contribution is 0.0695. The molecule has 0 radical (unpaired) electrons. The Morgan fingerprint density at radius 3 is 2.79 bits per heavy atom. The van der Waals surface area contributed by atoms with E-state index in [2.05, 4.69) is 5.16 Å². The van der Waals surface area contributed by atoms with Crippen LogP contribution in [-0.2, 0) is 4.84 Å². The van der Waals surface area contributed by atoms with Crippen molar-refractivity contribution >= 4 is 28.3 Å². The highest BCUT2D eigenvalue weighted by Gasteiger charge is 2.29. The van der Waals surface area contributed by atoms with E-state index in [4.69, 9.17) is 10.6 Å². The number of nitrogens with two attached hydrogens (primary N) is 1. The number of hydrogen-bond donors (Lipinski definition) is 2. The van der Waals surface area contributed by atoms with E-state index in [0.29, 0.717) is 36.4 Å². The Hall–Kier alpha value is -2.94. The number of anilines is 1. The number of pyridine rings is 1. The molecule has 2 aliphatic rings. The summed E-state index contributed by atoms with van der Waals surface area (Å²) in [7, 11) is 1.45. The molecule has 1 saturated carbocycles. The van der Waals surface area contributed by atoms with Crippen molar-refractivity contribution in [2.45, 2.75) is 31.3 Å². The van der Waals surface area contributed by atoms with Crippen LogP contribution >= 0.6 is 0 Å². The quantitative estimate of drug-likeness (QED) is 0.772. The van der Waals surface area contributed by atoms with Gasteiger partial charge in [0.25, 0.3) is 0 Å². The van der Waals surface area contributed by atoms with Gasteiger partial charge in [0.05, 0.1) is 23.5 Å². The van der Waals surface area contributed by atoms with Crippen LogP contribution in [0, 0.1) is 5.82 Å². The summed E-state index contributed by atoms with van der Waals surface area (Å²) in [5, 5.41) is 13.4. The van der Waals surface area contributed by atoms with Gasteiger partial charge < -0.3 is 25.1 Å². The molecule has 0 spiro atoms. The zero-order valence-corrected chi connectivity index (χ0v) is 15.4. The fourth-order valence-electron chi connectivity index (χ4n) is 3.79. The maximum absolute atomic E-state index is 15.0. The molecule has 1 atom stereocenters. The summed E-state index contributed by atoms with van der Waals surface area (Å²) < 4.78 is 16.7. The van der Waals surface area contributed by atoms with Gasteiger partial charge in [-0.3, -0.25) is 4.79 Å². The lowest BCUT2D eigenvalue weighted by atomic mass is 10.0. The second-order valence-corrected chi connectivity index (χ2v) is 7.32. The predicted molar refractivity (Wildman–Crippen MR) is 103 cm³/mol. The summed E-state index contributed by atoms with van der Waals surface area (Å²) in [5.41, 5.74) is 6.61. The number of rotatable bonds is 4. The van der Waals surface area contributed by atoms with Gasteiger partial charge in [0.1, 0.15) is 18.5 Å². The molecule has 1 aliphatic carbocycles. The molecule has 1 aliphatic heterocycles. The Morgan fingerprint density at radius 2 is 2.14 bits per heavy atom. The van der Waals surface area contributed by atoms with Crippen molar-refractivity contribution in [3.05, 3.63) is 39.9 Å². The summed E-state index contributed by atoms with van der Waals surface area (Å²) in [6.45, 7) is 0.802. The van der Waals surface area contributed by atoms with Crippen molar-refractivity contribution in [2.24, 2.45) is 10.9 Å². The van der Waals surface area contributed by atoms with Crippen molar-refractivity contribution in [3.8, 4) is 0 Å². The third-order valence-corrected chi connectivity index (χ3v) is 5.16. The molecule has 1 unspecified atom stereocenters. The summed E-state index contributed by atoms with van der Waals surface area (Å²) in [4.78, 5) is 30.6. The van der Waals surface area contributed by atoms with E-state index in [0.717, 1.165) is 18.9 Å². The normalized spacial score (nSPS) is 21.3. The monoisotopic (exact) mass is 388 g/mol. The fourth-order valence-corrected chi connectivity index (χ4v) is 3.79. The van der Waals surface area contributed by atoms with Gasteiger partial charge in [-0.15, -0.1) is 0 Å². The molecule has 1 aromatic heterocycles. The number of piperidine rings is 1. The second kappa shape index (κ2) is 6.90. The number of oxime groups is 1. The van der Waals surface area contributed by atoms with Crippen molar-refractivity contribution in [1.82, 2.24) is 4.57 Å². The Morgan fingerprint density at radius 1 is 1.39 bits per heavy atom. The number of halogens is 1. The highest BCUT2D eigenvalue weighted by molar-refractivity contribution is 5.94. The van der Waals surface area contributed by atoms with Gasteiger partial charge in [0.2, 0.25) is 5.43 Å². The Labute approximate surface area is 160 Å². The SMILES string of the molecule is CO/N=C1\CC(N)CN(c2cc3c(cc2F)c(=O)c(C(=O)O)cn3C2CC2)C1. The number of carbonyl (C=O) groups is 1. The van der Waals surface area contributed by atoms with Crippen molar-refractivity contribution in [3.63, 3.8) is 0 Å². The molecular formula is C19H21FN4O4. The Kier molecular flexibility index (Phi) is 4.54. The molecule has 8 nitrogen and oxygen atoms in total. The number of carboxylic acids is 1. The topological polar surface area (TPSA) is 110 Å². The number of nitrogens with zero attached hydrogens (tertiary/aromatic N) is 3. The molecule has 4 rings (SSSR count). The highest BCUT2D eigenvalue weighted by atomic mass is 19.1. The van der Waals surface area contributed by atoms with Crippen molar-refractivity contribution in [1.29, 1.82) is 0 Å². The zero-order chi connectivity index (χ0) is 20.0. The fraction of sp³-hybridized carbons (Fsp3) is 0.421. The van der Waals surface area contributed by atoms with Gasteiger partial charge >= 0.3 is 5.97 Å². The summed E-state index contributed by atoms with van der Waals surface area (Å²) in [6, 6.07) is 2.64. The van der Waals surface area contributed by atoms with Gasteiger partial charge in [0, 0.05) is 36.6 Å². The van der Waals surface area contributed by atoms with Crippen LogP contribution in [0.4, 0.5) is 10.1 Å². The molecule has 3 N–H and O–H groups in total. The first-order valence-corrected chi connectivity index (χ1v) is 9.10. The molecule has 2 heterocycles. The third-order valence-electron chi connectivity index (χ3n) is 5.16. The molecule has 1 aromatic carbocycles. The standard InChI is InChI=1S/C19H21FN4O4/c1-28-22-11-4-10(21)7-23(8-11)17-6-16-13(5-15(17)20)18(25)14(19(26)27)9-24(16)12-2-3-12/h5-6,9-10,12H,2-4,7-8,21H2,1H3,(H,26,27)/b22-11+. The molecule has 1 saturated heterocycles. The second-order valence-electron chi connectivity index (χ2n) is 7.32. The number of hydrogen-bond acceptors (Lipinski definition) is 6. The molecule has 148 valence electrons. The molecule has 0 bridgehead atoms. The van der Waals surface area contributed by atoms with Crippen LogP contribution in [0.2, 0.25) is 0 Å². The average molecular weight is 388 g/mol.